The van der Waals surface area contributed by atoms with Crippen LogP contribution in [0.5, 0.6) is 0 Å². The van der Waals surface area contributed by atoms with Crippen molar-refractivity contribution in [2.24, 2.45) is 5.92 Å². The van der Waals surface area contributed by atoms with Crippen molar-refractivity contribution < 1.29 is 4.79 Å². The summed E-state index contributed by atoms with van der Waals surface area (Å²) in [5, 5.41) is 6.50. The second-order valence-corrected chi connectivity index (χ2v) is 6.50. The number of hydrogen-bond donors (Lipinski definition) is 2. The highest BCUT2D eigenvalue weighted by Gasteiger charge is 2.32. The van der Waals surface area contributed by atoms with Gasteiger partial charge in [0.2, 0.25) is 0 Å². The molecule has 20 heavy (non-hydrogen) atoms. The Kier molecular flexibility index (Phi) is 4.27. The highest BCUT2D eigenvalue weighted by atomic mass is 79.9. The van der Waals surface area contributed by atoms with E-state index in [4.69, 9.17) is 0 Å². The van der Waals surface area contributed by atoms with Gasteiger partial charge in [-0.2, -0.15) is 0 Å². The predicted octanol–water partition coefficient (Wildman–Crippen LogP) is 2.52. The lowest BCUT2D eigenvalue weighted by Crippen LogP contribution is -2.39. The Bertz CT molecular complexity index is 488. The van der Waals surface area contributed by atoms with Crippen LogP contribution in [-0.4, -0.2) is 37.1 Å². The third-order valence-electron chi connectivity index (χ3n) is 4.15. The predicted molar refractivity (Wildman–Crippen MR) is 82.6 cm³/mol. The molecule has 2 N–H and O–H groups in total. The van der Waals surface area contributed by atoms with Gasteiger partial charge in [0, 0.05) is 17.6 Å². The second-order valence-electron chi connectivity index (χ2n) is 5.64. The SMILES string of the molecule is O=C1NC(c2ccccc2Br)CN1CC1CCCNC1. The van der Waals surface area contributed by atoms with Crippen molar-refractivity contribution in [1.82, 2.24) is 15.5 Å². The van der Waals surface area contributed by atoms with Crippen LogP contribution in [0.15, 0.2) is 28.7 Å². The normalized spacial score (nSPS) is 26.6. The summed E-state index contributed by atoms with van der Waals surface area (Å²) in [5.74, 6) is 0.590. The van der Waals surface area contributed by atoms with Gasteiger partial charge in [-0.3, -0.25) is 0 Å². The molecule has 5 heteroatoms. The van der Waals surface area contributed by atoms with Gasteiger partial charge in [0.15, 0.2) is 0 Å². The molecule has 2 saturated heterocycles. The average molecular weight is 338 g/mol. The summed E-state index contributed by atoms with van der Waals surface area (Å²) in [6.07, 6.45) is 2.43. The third kappa shape index (κ3) is 2.99. The van der Waals surface area contributed by atoms with Gasteiger partial charge in [-0.15, -0.1) is 0 Å². The van der Waals surface area contributed by atoms with Gasteiger partial charge in [0.05, 0.1) is 6.04 Å². The molecule has 0 saturated carbocycles. The maximum Gasteiger partial charge on any atom is 0.318 e. The zero-order valence-corrected chi connectivity index (χ0v) is 13.0. The Morgan fingerprint density at radius 2 is 2.20 bits per heavy atom. The van der Waals surface area contributed by atoms with Crippen molar-refractivity contribution in [3.05, 3.63) is 34.3 Å². The standard InChI is InChI=1S/C15H20BrN3O/c16-13-6-2-1-5-12(13)14-10-19(15(20)18-14)9-11-4-3-7-17-8-11/h1-2,5-6,11,14,17H,3-4,7-10H2,(H,18,20). The number of piperidine rings is 1. The Hall–Kier alpha value is -1.07. The molecule has 0 spiro atoms. The molecule has 0 aromatic heterocycles. The lowest BCUT2D eigenvalue weighted by Gasteiger charge is -2.26. The highest BCUT2D eigenvalue weighted by molar-refractivity contribution is 9.10. The minimum absolute atomic E-state index is 0.0660. The Balaban J connectivity index is 1.64. The van der Waals surface area contributed by atoms with Gasteiger partial charge in [-0.05, 0) is 43.5 Å². The summed E-state index contributed by atoms with van der Waals surface area (Å²) in [5.41, 5.74) is 1.16. The van der Waals surface area contributed by atoms with Crippen molar-refractivity contribution in [3.8, 4) is 0 Å². The number of carbonyl (C=O) groups excluding carboxylic acids is 1. The number of benzene rings is 1. The summed E-state index contributed by atoms with van der Waals surface area (Å²) >= 11 is 3.56. The summed E-state index contributed by atoms with van der Waals surface area (Å²) in [7, 11) is 0. The molecule has 4 nitrogen and oxygen atoms in total. The van der Waals surface area contributed by atoms with Crippen LogP contribution in [0.3, 0.4) is 0 Å². The van der Waals surface area contributed by atoms with Crippen LogP contribution in [0.25, 0.3) is 0 Å². The molecule has 2 amide bonds. The van der Waals surface area contributed by atoms with Crippen LogP contribution in [0.4, 0.5) is 4.79 Å². The first-order chi connectivity index (χ1) is 9.74. The molecule has 1 aromatic carbocycles. The van der Waals surface area contributed by atoms with Gasteiger partial charge in [0.25, 0.3) is 0 Å². The van der Waals surface area contributed by atoms with E-state index in [1.54, 1.807) is 0 Å². The largest absolute Gasteiger partial charge is 0.329 e. The molecular weight excluding hydrogens is 318 g/mol. The fourth-order valence-electron chi connectivity index (χ4n) is 3.07. The van der Waals surface area contributed by atoms with Crippen LogP contribution in [0.1, 0.15) is 24.4 Å². The number of hydrogen-bond acceptors (Lipinski definition) is 2. The molecule has 1 aromatic rings. The molecule has 0 aliphatic carbocycles. The molecule has 2 fully saturated rings. The van der Waals surface area contributed by atoms with Gasteiger partial charge in [0.1, 0.15) is 0 Å². The fourth-order valence-corrected chi connectivity index (χ4v) is 3.63. The van der Waals surface area contributed by atoms with Gasteiger partial charge in [-0.1, -0.05) is 34.1 Å². The lowest BCUT2D eigenvalue weighted by molar-refractivity contribution is 0.202. The van der Waals surface area contributed by atoms with Crippen molar-refractivity contribution >= 4 is 22.0 Å². The summed E-state index contributed by atoms with van der Waals surface area (Å²) < 4.78 is 1.06. The van der Waals surface area contributed by atoms with E-state index in [2.05, 4.69) is 32.6 Å². The van der Waals surface area contributed by atoms with Gasteiger partial charge < -0.3 is 15.5 Å². The van der Waals surface area contributed by atoms with Crippen LogP contribution in [0.2, 0.25) is 0 Å². The summed E-state index contributed by atoms with van der Waals surface area (Å²) in [6.45, 7) is 3.77. The van der Waals surface area contributed by atoms with Crippen molar-refractivity contribution in [3.63, 3.8) is 0 Å². The molecule has 2 aliphatic heterocycles. The lowest BCUT2D eigenvalue weighted by atomic mass is 9.99. The van der Waals surface area contributed by atoms with Crippen LogP contribution < -0.4 is 10.6 Å². The molecular formula is C15H20BrN3O. The number of carbonyl (C=O) groups is 1. The van der Waals surface area contributed by atoms with E-state index < -0.39 is 0 Å². The maximum atomic E-state index is 12.1. The quantitative estimate of drug-likeness (QED) is 0.890. The van der Waals surface area contributed by atoms with Gasteiger partial charge >= 0.3 is 6.03 Å². The van der Waals surface area contributed by atoms with Gasteiger partial charge in [-0.25, -0.2) is 4.79 Å². The monoisotopic (exact) mass is 337 g/mol. The maximum absolute atomic E-state index is 12.1. The second kappa shape index (κ2) is 6.14. The first-order valence-corrected chi connectivity index (χ1v) is 8.04. The third-order valence-corrected chi connectivity index (χ3v) is 4.87. The molecule has 3 rings (SSSR count). The topological polar surface area (TPSA) is 44.4 Å². The van der Waals surface area contributed by atoms with E-state index >= 15 is 0 Å². The number of rotatable bonds is 3. The van der Waals surface area contributed by atoms with Crippen molar-refractivity contribution in [2.45, 2.75) is 18.9 Å². The van der Waals surface area contributed by atoms with E-state index in [0.29, 0.717) is 5.92 Å². The van der Waals surface area contributed by atoms with E-state index in [-0.39, 0.29) is 12.1 Å². The molecule has 2 unspecified atom stereocenters. The minimum Gasteiger partial charge on any atom is -0.329 e. The van der Waals surface area contributed by atoms with Crippen LogP contribution >= 0.6 is 15.9 Å². The molecule has 108 valence electrons. The number of nitrogens with one attached hydrogen (secondary N) is 2. The number of urea groups is 1. The molecule has 0 radical (unpaired) electrons. The Morgan fingerprint density at radius 1 is 1.35 bits per heavy atom. The minimum atomic E-state index is 0.0660. The first kappa shape index (κ1) is 13.9. The Labute approximate surface area is 128 Å². The molecule has 2 atom stereocenters. The van der Waals surface area contributed by atoms with Crippen LogP contribution in [-0.2, 0) is 0 Å². The molecule has 2 heterocycles. The summed E-state index contributed by atoms with van der Waals surface area (Å²) in [4.78, 5) is 14.1. The molecule has 2 aliphatic rings. The van der Waals surface area contributed by atoms with E-state index in [0.717, 1.165) is 36.2 Å². The van der Waals surface area contributed by atoms with Crippen molar-refractivity contribution in [2.75, 3.05) is 26.2 Å². The van der Waals surface area contributed by atoms with E-state index in [1.807, 2.05) is 23.1 Å². The zero-order valence-electron chi connectivity index (χ0n) is 11.4. The zero-order chi connectivity index (χ0) is 13.9. The molecule has 0 bridgehead atoms. The smallest absolute Gasteiger partial charge is 0.318 e. The number of nitrogens with zero attached hydrogens (tertiary/aromatic N) is 1. The highest BCUT2D eigenvalue weighted by Crippen LogP contribution is 2.27. The average Bonchev–Trinajstić information content (AvgIpc) is 2.81. The number of halogens is 1. The van der Waals surface area contributed by atoms with Crippen LogP contribution in [0, 0.1) is 5.92 Å². The van der Waals surface area contributed by atoms with E-state index in [9.17, 15) is 4.79 Å². The van der Waals surface area contributed by atoms with Crippen molar-refractivity contribution in [1.29, 1.82) is 0 Å². The fraction of sp³-hybridized carbons (Fsp3) is 0.533. The van der Waals surface area contributed by atoms with E-state index in [1.165, 1.54) is 12.8 Å². The Morgan fingerprint density at radius 3 is 2.95 bits per heavy atom. The summed E-state index contributed by atoms with van der Waals surface area (Å²) in [6, 6.07) is 8.26. The number of amides is 2. The first-order valence-electron chi connectivity index (χ1n) is 7.24.